The molecule has 0 fully saturated rings. The standard InChI is InChI=1S/C12H16BrN5/c1-9(2)7-14-8-12-15-16-17-18(12)11-5-3-4-10(13)6-11/h3-6,9,14H,7-8H2,1-2H3. The van der Waals surface area contributed by atoms with E-state index >= 15 is 0 Å². The first-order valence-electron chi connectivity index (χ1n) is 5.90. The Morgan fingerprint density at radius 3 is 2.94 bits per heavy atom. The van der Waals surface area contributed by atoms with Crippen molar-refractivity contribution in [2.75, 3.05) is 6.54 Å². The number of benzene rings is 1. The van der Waals surface area contributed by atoms with E-state index in [1.165, 1.54) is 0 Å². The second-order valence-corrected chi connectivity index (χ2v) is 5.43. The third-order valence-corrected chi connectivity index (χ3v) is 2.92. The Morgan fingerprint density at radius 1 is 1.39 bits per heavy atom. The zero-order valence-electron chi connectivity index (χ0n) is 10.5. The number of hydrogen-bond donors (Lipinski definition) is 1. The summed E-state index contributed by atoms with van der Waals surface area (Å²) in [6, 6.07) is 7.91. The second kappa shape index (κ2) is 6.06. The molecule has 1 aromatic carbocycles. The molecule has 5 nitrogen and oxygen atoms in total. The molecule has 0 aliphatic rings. The molecular formula is C12H16BrN5. The maximum absolute atomic E-state index is 4.04. The predicted octanol–water partition coefficient (Wildman–Crippen LogP) is 2.17. The zero-order valence-corrected chi connectivity index (χ0v) is 12.1. The summed E-state index contributed by atoms with van der Waals surface area (Å²) in [5.74, 6) is 1.42. The van der Waals surface area contributed by atoms with Crippen molar-refractivity contribution in [2.24, 2.45) is 5.92 Å². The van der Waals surface area contributed by atoms with Crippen LogP contribution in [0.5, 0.6) is 0 Å². The minimum absolute atomic E-state index is 0.611. The minimum atomic E-state index is 0.611. The Hall–Kier alpha value is -1.27. The van der Waals surface area contributed by atoms with Crippen molar-refractivity contribution in [2.45, 2.75) is 20.4 Å². The average Bonchev–Trinajstić information content (AvgIpc) is 2.77. The van der Waals surface area contributed by atoms with Crippen LogP contribution in [0.2, 0.25) is 0 Å². The fourth-order valence-corrected chi connectivity index (χ4v) is 1.98. The molecule has 18 heavy (non-hydrogen) atoms. The first-order valence-corrected chi connectivity index (χ1v) is 6.70. The van der Waals surface area contributed by atoms with Crippen LogP contribution in [0.1, 0.15) is 19.7 Å². The Balaban J connectivity index is 2.12. The molecule has 96 valence electrons. The van der Waals surface area contributed by atoms with Gasteiger partial charge in [-0.25, -0.2) is 0 Å². The number of aromatic nitrogens is 4. The largest absolute Gasteiger partial charge is 0.310 e. The third-order valence-electron chi connectivity index (χ3n) is 2.42. The Morgan fingerprint density at radius 2 is 2.22 bits per heavy atom. The number of tetrazole rings is 1. The van der Waals surface area contributed by atoms with Crippen LogP contribution in [0.4, 0.5) is 0 Å². The van der Waals surface area contributed by atoms with Gasteiger partial charge in [-0.3, -0.25) is 0 Å². The fourth-order valence-electron chi connectivity index (χ4n) is 1.60. The normalized spacial score (nSPS) is 11.1. The number of hydrogen-bond acceptors (Lipinski definition) is 4. The summed E-state index contributed by atoms with van der Waals surface area (Å²) >= 11 is 3.45. The summed E-state index contributed by atoms with van der Waals surface area (Å²) in [6.45, 7) is 5.96. The number of halogens is 1. The maximum atomic E-state index is 4.04. The highest BCUT2D eigenvalue weighted by Gasteiger charge is 2.08. The van der Waals surface area contributed by atoms with Crippen LogP contribution >= 0.6 is 15.9 Å². The van der Waals surface area contributed by atoms with E-state index in [9.17, 15) is 0 Å². The lowest BCUT2D eigenvalue weighted by Crippen LogP contribution is -2.21. The van der Waals surface area contributed by atoms with Gasteiger partial charge in [0.2, 0.25) is 0 Å². The molecule has 2 aromatic rings. The van der Waals surface area contributed by atoms with Crippen LogP contribution in [0.3, 0.4) is 0 Å². The van der Waals surface area contributed by atoms with Crippen molar-refractivity contribution in [3.05, 3.63) is 34.6 Å². The molecule has 0 saturated carbocycles. The number of rotatable bonds is 5. The molecule has 0 bridgehead atoms. The monoisotopic (exact) mass is 309 g/mol. The van der Waals surface area contributed by atoms with Crippen LogP contribution in [0, 0.1) is 5.92 Å². The third kappa shape index (κ3) is 3.36. The number of nitrogens with one attached hydrogen (secondary N) is 1. The molecule has 0 unspecified atom stereocenters. The molecule has 0 atom stereocenters. The molecule has 2 rings (SSSR count). The van der Waals surface area contributed by atoms with E-state index in [4.69, 9.17) is 0 Å². The zero-order chi connectivity index (χ0) is 13.0. The highest BCUT2D eigenvalue weighted by Crippen LogP contribution is 2.15. The van der Waals surface area contributed by atoms with E-state index < -0.39 is 0 Å². The lowest BCUT2D eigenvalue weighted by Gasteiger charge is -2.08. The predicted molar refractivity (Wildman–Crippen MR) is 73.4 cm³/mol. The summed E-state index contributed by atoms with van der Waals surface area (Å²) < 4.78 is 2.76. The SMILES string of the molecule is CC(C)CNCc1nnnn1-c1cccc(Br)c1. The highest BCUT2D eigenvalue weighted by atomic mass is 79.9. The molecule has 0 aliphatic heterocycles. The average molecular weight is 310 g/mol. The van der Waals surface area contributed by atoms with Gasteiger partial charge in [0, 0.05) is 4.47 Å². The molecule has 0 aliphatic carbocycles. The quantitative estimate of drug-likeness (QED) is 0.919. The Bertz CT molecular complexity index is 509. The van der Waals surface area contributed by atoms with Gasteiger partial charge in [-0.15, -0.1) is 5.10 Å². The van der Waals surface area contributed by atoms with Crippen LogP contribution in [0.15, 0.2) is 28.7 Å². The van der Waals surface area contributed by atoms with E-state index in [2.05, 4.69) is 50.6 Å². The smallest absolute Gasteiger partial charge is 0.170 e. The summed E-state index contributed by atoms with van der Waals surface area (Å²) in [7, 11) is 0. The van der Waals surface area contributed by atoms with E-state index in [1.807, 2.05) is 24.3 Å². The second-order valence-electron chi connectivity index (χ2n) is 4.51. The summed E-state index contributed by atoms with van der Waals surface area (Å²) in [6.07, 6.45) is 0. The lowest BCUT2D eigenvalue weighted by molar-refractivity contribution is 0.537. The van der Waals surface area contributed by atoms with Crippen LogP contribution < -0.4 is 5.32 Å². The maximum Gasteiger partial charge on any atom is 0.170 e. The fraction of sp³-hybridized carbons (Fsp3) is 0.417. The summed E-state index contributed by atoms with van der Waals surface area (Å²) in [5, 5.41) is 15.1. The summed E-state index contributed by atoms with van der Waals surface area (Å²) in [5.41, 5.74) is 0.954. The van der Waals surface area contributed by atoms with E-state index in [0.717, 1.165) is 22.5 Å². The van der Waals surface area contributed by atoms with Crippen LogP contribution in [-0.4, -0.2) is 26.8 Å². The van der Waals surface area contributed by atoms with Crippen molar-refractivity contribution in [1.82, 2.24) is 25.5 Å². The van der Waals surface area contributed by atoms with Gasteiger partial charge in [-0.2, -0.15) is 4.68 Å². The summed E-state index contributed by atoms with van der Waals surface area (Å²) in [4.78, 5) is 0. The van der Waals surface area contributed by atoms with Crippen molar-refractivity contribution in [1.29, 1.82) is 0 Å². The van der Waals surface area contributed by atoms with Gasteiger partial charge >= 0.3 is 0 Å². The molecule has 6 heteroatoms. The molecule has 0 spiro atoms. The van der Waals surface area contributed by atoms with Crippen LogP contribution in [0.25, 0.3) is 5.69 Å². The van der Waals surface area contributed by atoms with Crippen molar-refractivity contribution >= 4 is 15.9 Å². The van der Waals surface area contributed by atoms with Gasteiger partial charge in [0.1, 0.15) is 0 Å². The number of nitrogens with zero attached hydrogens (tertiary/aromatic N) is 4. The Labute approximate surface area is 115 Å². The first-order chi connectivity index (χ1) is 8.66. The minimum Gasteiger partial charge on any atom is -0.310 e. The molecule has 1 aromatic heterocycles. The van der Waals surface area contributed by atoms with Crippen molar-refractivity contribution in [3.63, 3.8) is 0 Å². The van der Waals surface area contributed by atoms with E-state index in [0.29, 0.717) is 12.5 Å². The van der Waals surface area contributed by atoms with E-state index in [1.54, 1.807) is 4.68 Å². The van der Waals surface area contributed by atoms with Gasteiger partial charge < -0.3 is 5.32 Å². The first kappa shape index (κ1) is 13.2. The lowest BCUT2D eigenvalue weighted by atomic mass is 10.2. The molecule has 0 radical (unpaired) electrons. The highest BCUT2D eigenvalue weighted by molar-refractivity contribution is 9.10. The Kier molecular flexibility index (Phi) is 4.43. The van der Waals surface area contributed by atoms with Crippen LogP contribution in [-0.2, 0) is 6.54 Å². The van der Waals surface area contributed by atoms with Gasteiger partial charge in [0.05, 0.1) is 12.2 Å². The van der Waals surface area contributed by atoms with Gasteiger partial charge in [-0.1, -0.05) is 35.8 Å². The van der Waals surface area contributed by atoms with Gasteiger partial charge in [-0.05, 0) is 41.1 Å². The van der Waals surface area contributed by atoms with Gasteiger partial charge in [0.25, 0.3) is 0 Å². The van der Waals surface area contributed by atoms with Crippen molar-refractivity contribution in [3.8, 4) is 5.69 Å². The molecular weight excluding hydrogens is 294 g/mol. The molecule has 1 N–H and O–H groups in total. The van der Waals surface area contributed by atoms with Gasteiger partial charge in [0.15, 0.2) is 5.82 Å². The van der Waals surface area contributed by atoms with E-state index in [-0.39, 0.29) is 0 Å². The molecule has 1 heterocycles. The molecule has 0 amide bonds. The topological polar surface area (TPSA) is 55.6 Å². The van der Waals surface area contributed by atoms with Crippen molar-refractivity contribution < 1.29 is 0 Å². The molecule has 0 saturated heterocycles.